The molecule has 0 unspecified atom stereocenters. The largest absolute Gasteiger partial charge is 0.469 e. The standard InChI is InChI=1S/C13H15NO3/c1-17-13(16)7-9-2-3-12-10(6-9)8-11(14-12)4-5-15/h2-3,6,8,14-15H,4-5,7H2,1H3. The Morgan fingerprint density at radius 3 is 2.94 bits per heavy atom. The Bertz CT molecular complexity index is 530. The molecule has 2 aromatic rings. The number of hydrogen-bond acceptors (Lipinski definition) is 3. The number of carbonyl (C=O) groups is 1. The Morgan fingerprint density at radius 2 is 2.24 bits per heavy atom. The van der Waals surface area contributed by atoms with Gasteiger partial charge >= 0.3 is 5.97 Å². The molecule has 17 heavy (non-hydrogen) atoms. The first kappa shape index (κ1) is 11.7. The van der Waals surface area contributed by atoms with E-state index in [9.17, 15) is 4.79 Å². The number of aliphatic hydroxyl groups is 1. The molecule has 2 N–H and O–H groups in total. The smallest absolute Gasteiger partial charge is 0.309 e. The average Bonchev–Trinajstić information content (AvgIpc) is 2.71. The Labute approximate surface area is 99.2 Å². The third-order valence-corrected chi connectivity index (χ3v) is 2.70. The van der Waals surface area contributed by atoms with Gasteiger partial charge in [-0.2, -0.15) is 0 Å². The fourth-order valence-corrected chi connectivity index (χ4v) is 1.85. The van der Waals surface area contributed by atoms with E-state index in [1.165, 1.54) is 7.11 Å². The summed E-state index contributed by atoms with van der Waals surface area (Å²) >= 11 is 0. The molecule has 2 rings (SSSR count). The van der Waals surface area contributed by atoms with Crippen molar-refractivity contribution in [2.24, 2.45) is 0 Å². The van der Waals surface area contributed by atoms with Gasteiger partial charge in [0.05, 0.1) is 13.5 Å². The van der Waals surface area contributed by atoms with Gasteiger partial charge in [-0.1, -0.05) is 6.07 Å². The number of aromatic nitrogens is 1. The van der Waals surface area contributed by atoms with Gasteiger partial charge in [0.1, 0.15) is 0 Å². The van der Waals surface area contributed by atoms with E-state index < -0.39 is 0 Å². The van der Waals surface area contributed by atoms with Gasteiger partial charge in [-0.05, 0) is 29.1 Å². The van der Waals surface area contributed by atoms with Crippen LogP contribution >= 0.6 is 0 Å². The van der Waals surface area contributed by atoms with Crippen LogP contribution in [0.1, 0.15) is 11.3 Å². The number of hydrogen-bond donors (Lipinski definition) is 2. The van der Waals surface area contributed by atoms with Crippen molar-refractivity contribution in [1.82, 2.24) is 4.98 Å². The SMILES string of the molecule is COC(=O)Cc1ccc2[nH]c(CCO)cc2c1. The molecule has 0 saturated carbocycles. The summed E-state index contributed by atoms with van der Waals surface area (Å²) in [6.07, 6.45) is 0.897. The molecule has 4 heteroatoms. The molecule has 0 saturated heterocycles. The summed E-state index contributed by atoms with van der Waals surface area (Å²) in [5.74, 6) is -0.240. The highest BCUT2D eigenvalue weighted by Gasteiger charge is 2.05. The molecule has 0 aliphatic heterocycles. The highest BCUT2D eigenvalue weighted by Crippen LogP contribution is 2.18. The lowest BCUT2D eigenvalue weighted by atomic mass is 10.1. The number of H-pyrrole nitrogens is 1. The third kappa shape index (κ3) is 2.65. The number of carbonyl (C=O) groups excluding carboxylic acids is 1. The monoisotopic (exact) mass is 233 g/mol. The normalized spacial score (nSPS) is 10.7. The van der Waals surface area contributed by atoms with Crippen molar-refractivity contribution in [1.29, 1.82) is 0 Å². The lowest BCUT2D eigenvalue weighted by molar-refractivity contribution is -0.139. The summed E-state index contributed by atoms with van der Waals surface area (Å²) in [4.78, 5) is 14.4. The van der Waals surface area contributed by atoms with Crippen LogP contribution in [0.3, 0.4) is 0 Å². The Kier molecular flexibility index (Phi) is 3.44. The molecule has 1 aromatic carbocycles. The van der Waals surface area contributed by atoms with Gasteiger partial charge < -0.3 is 14.8 Å². The fraction of sp³-hybridized carbons (Fsp3) is 0.308. The highest BCUT2D eigenvalue weighted by atomic mass is 16.5. The van der Waals surface area contributed by atoms with Crippen LogP contribution in [-0.4, -0.2) is 29.8 Å². The number of aliphatic hydroxyl groups excluding tert-OH is 1. The van der Waals surface area contributed by atoms with Crippen molar-refractivity contribution in [2.45, 2.75) is 12.8 Å². The van der Waals surface area contributed by atoms with Crippen molar-refractivity contribution in [3.05, 3.63) is 35.5 Å². The van der Waals surface area contributed by atoms with Crippen LogP contribution in [0, 0.1) is 0 Å². The number of ether oxygens (including phenoxy) is 1. The molecule has 0 spiro atoms. The van der Waals surface area contributed by atoms with Crippen LogP contribution < -0.4 is 0 Å². The Morgan fingerprint density at radius 1 is 1.41 bits per heavy atom. The molecule has 0 atom stereocenters. The van der Waals surface area contributed by atoms with E-state index in [-0.39, 0.29) is 19.0 Å². The molecule has 1 aromatic heterocycles. The molecule has 0 bridgehead atoms. The van der Waals surface area contributed by atoms with Crippen molar-refractivity contribution in [2.75, 3.05) is 13.7 Å². The first-order valence-electron chi connectivity index (χ1n) is 5.51. The predicted molar refractivity (Wildman–Crippen MR) is 64.8 cm³/mol. The maximum Gasteiger partial charge on any atom is 0.309 e. The van der Waals surface area contributed by atoms with E-state index in [1.807, 2.05) is 24.3 Å². The third-order valence-electron chi connectivity index (χ3n) is 2.70. The second kappa shape index (κ2) is 5.01. The second-order valence-corrected chi connectivity index (χ2v) is 3.94. The van der Waals surface area contributed by atoms with E-state index >= 15 is 0 Å². The molecule has 0 amide bonds. The molecule has 0 fully saturated rings. The summed E-state index contributed by atoms with van der Waals surface area (Å²) in [7, 11) is 1.39. The molecular formula is C13H15NO3. The number of rotatable bonds is 4. The van der Waals surface area contributed by atoms with Crippen LogP contribution in [0.4, 0.5) is 0 Å². The number of esters is 1. The molecule has 0 aliphatic carbocycles. The summed E-state index contributed by atoms with van der Waals surface area (Å²) in [6.45, 7) is 0.127. The zero-order valence-corrected chi connectivity index (χ0v) is 9.69. The zero-order chi connectivity index (χ0) is 12.3. The van der Waals surface area contributed by atoms with Gasteiger partial charge in [-0.25, -0.2) is 0 Å². The highest BCUT2D eigenvalue weighted by molar-refractivity contribution is 5.82. The molecule has 0 aliphatic rings. The number of benzene rings is 1. The Hall–Kier alpha value is -1.81. The minimum Gasteiger partial charge on any atom is -0.469 e. The van der Waals surface area contributed by atoms with Crippen molar-refractivity contribution in [3.8, 4) is 0 Å². The van der Waals surface area contributed by atoms with Gasteiger partial charge in [-0.3, -0.25) is 4.79 Å². The first-order chi connectivity index (χ1) is 8.22. The quantitative estimate of drug-likeness (QED) is 0.785. The molecule has 4 nitrogen and oxygen atoms in total. The fourth-order valence-electron chi connectivity index (χ4n) is 1.85. The number of fused-ring (bicyclic) bond motifs is 1. The topological polar surface area (TPSA) is 62.3 Å². The summed E-state index contributed by atoms with van der Waals surface area (Å²) < 4.78 is 4.63. The molecule has 0 radical (unpaired) electrons. The van der Waals surface area contributed by atoms with E-state index in [4.69, 9.17) is 5.11 Å². The number of nitrogens with one attached hydrogen (secondary N) is 1. The van der Waals surface area contributed by atoms with Gasteiger partial charge in [0.2, 0.25) is 0 Å². The van der Waals surface area contributed by atoms with Crippen molar-refractivity contribution >= 4 is 16.9 Å². The minimum atomic E-state index is -0.240. The van der Waals surface area contributed by atoms with Crippen molar-refractivity contribution in [3.63, 3.8) is 0 Å². The number of aromatic amines is 1. The lowest BCUT2D eigenvalue weighted by Crippen LogP contribution is -2.03. The molecule has 90 valence electrons. The summed E-state index contributed by atoms with van der Waals surface area (Å²) in [5.41, 5.74) is 2.94. The van der Waals surface area contributed by atoms with E-state index in [1.54, 1.807) is 0 Å². The predicted octanol–water partition coefficient (Wildman–Crippen LogP) is 1.42. The van der Waals surface area contributed by atoms with Crippen LogP contribution in [0.15, 0.2) is 24.3 Å². The van der Waals surface area contributed by atoms with Gasteiger partial charge in [0, 0.05) is 24.2 Å². The van der Waals surface area contributed by atoms with Crippen LogP contribution in [0.5, 0.6) is 0 Å². The maximum absolute atomic E-state index is 11.2. The minimum absolute atomic E-state index is 0.127. The van der Waals surface area contributed by atoms with Crippen LogP contribution in [-0.2, 0) is 22.4 Å². The number of methoxy groups -OCH3 is 1. The summed E-state index contributed by atoms with van der Waals surface area (Å²) in [6, 6.07) is 7.79. The molecular weight excluding hydrogens is 218 g/mol. The van der Waals surface area contributed by atoms with Crippen LogP contribution in [0.25, 0.3) is 10.9 Å². The van der Waals surface area contributed by atoms with Crippen molar-refractivity contribution < 1.29 is 14.6 Å². The van der Waals surface area contributed by atoms with E-state index in [2.05, 4.69) is 9.72 Å². The van der Waals surface area contributed by atoms with E-state index in [0.717, 1.165) is 22.2 Å². The van der Waals surface area contributed by atoms with E-state index in [0.29, 0.717) is 6.42 Å². The second-order valence-electron chi connectivity index (χ2n) is 3.94. The lowest BCUT2D eigenvalue weighted by Gasteiger charge is -1.99. The maximum atomic E-state index is 11.2. The summed E-state index contributed by atoms with van der Waals surface area (Å²) in [5, 5.41) is 9.92. The van der Waals surface area contributed by atoms with Crippen LogP contribution in [0.2, 0.25) is 0 Å². The average molecular weight is 233 g/mol. The van der Waals surface area contributed by atoms with Gasteiger partial charge in [0.15, 0.2) is 0 Å². The first-order valence-corrected chi connectivity index (χ1v) is 5.51. The zero-order valence-electron chi connectivity index (χ0n) is 9.69. The Balaban J connectivity index is 2.26. The van der Waals surface area contributed by atoms with Gasteiger partial charge in [-0.15, -0.1) is 0 Å². The molecule has 1 heterocycles. The van der Waals surface area contributed by atoms with Gasteiger partial charge in [0.25, 0.3) is 0 Å².